The Bertz CT molecular complexity index is 187. The van der Waals surface area contributed by atoms with E-state index < -0.39 is 0 Å². The average Bonchev–Trinajstić information content (AvgIpc) is 2.05. The van der Waals surface area contributed by atoms with Crippen molar-refractivity contribution in [3.05, 3.63) is 11.8 Å². The lowest BCUT2D eigenvalue weighted by molar-refractivity contribution is -0.128. The Labute approximate surface area is 66.3 Å². The van der Waals surface area contributed by atoms with Crippen molar-refractivity contribution in [1.29, 1.82) is 0 Å². The maximum absolute atomic E-state index is 11.3. The van der Waals surface area contributed by atoms with Crippen LogP contribution in [-0.4, -0.2) is 29.0 Å². The van der Waals surface area contributed by atoms with Crippen LogP contribution in [0.15, 0.2) is 11.8 Å². The van der Waals surface area contributed by atoms with Gasteiger partial charge in [-0.2, -0.15) is 0 Å². The molecule has 0 saturated carbocycles. The first kappa shape index (κ1) is 8.11. The summed E-state index contributed by atoms with van der Waals surface area (Å²) in [5, 5.41) is 8.67. The topological polar surface area (TPSA) is 40.5 Å². The average molecular weight is 155 g/mol. The number of rotatable bonds is 1. The predicted molar refractivity (Wildman–Crippen MR) is 42.2 cm³/mol. The maximum atomic E-state index is 11.3. The molecule has 1 rings (SSSR count). The fraction of sp³-hybridized carbons (Fsp3) is 0.625. The van der Waals surface area contributed by atoms with Gasteiger partial charge >= 0.3 is 0 Å². The summed E-state index contributed by atoms with van der Waals surface area (Å²) in [4.78, 5) is 13.0. The molecule has 0 bridgehead atoms. The van der Waals surface area contributed by atoms with Gasteiger partial charge in [0.15, 0.2) is 0 Å². The van der Waals surface area contributed by atoms with Crippen molar-refractivity contribution in [2.45, 2.75) is 19.8 Å². The van der Waals surface area contributed by atoms with Crippen LogP contribution in [0, 0.1) is 0 Å². The number of aliphatic hydroxyl groups is 1. The standard InChI is InChI=1S/C8H13NO2/c1-2-9-5-3-4-7(6-10)8(9)11/h6,10H,2-5H2,1H3/b7-6+. The van der Waals surface area contributed by atoms with Gasteiger partial charge in [0, 0.05) is 13.1 Å². The maximum Gasteiger partial charge on any atom is 0.252 e. The molecule has 1 amide bonds. The van der Waals surface area contributed by atoms with Gasteiger partial charge in [0.2, 0.25) is 0 Å². The first-order valence-corrected chi connectivity index (χ1v) is 3.92. The number of carbonyl (C=O) groups is 1. The van der Waals surface area contributed by atoms with Gasteiger partial charge in [-0.05, 0) is 19.8 Å². The molecule has 0 aromatic rings. The molecule has 0 aliphatic carbocycles. The zero-order valence-electron chi connectivity index (χ0n) is 6.71. The van der Waals surface area contributed by atoms with E-state index in [1.165, 1.54) is 0 Å². The van der Waals surface area contributed by atoms with Gasteiger partial charge in [-0.25, -0.2) is 0 Å². The van der Waals surface area contributed by atoms with E-state index in [1.807, 2.05) is 6.92 Å². The Morgan fingerprint density at radius 1 is 1.73 bits per heavy atom. The normalized spacial score (nSPS) is 22.8. The number of aliphatic hydroxyl groups excluding tert-OH is 1. The van der Waals surface area contributed by atoms with E-state index in [-0.39, 0.29) is 5.91 Å². The quantitative estimate of drug-likeness (QED) is 0.454. The minimum atomic E-state index is -0.0127. The number of hydrogen-bond acceptors (Lipinski definition) is 2. The predicted octanol–water partition coefficient (Wildman–Crippen LogP) is 1.07. The van der Waals surface area contributed by atoms with Gasteiger partial charge in [0.05, 0.1) is 11.8 Å². The molecule has 3 heteroatoms. The van der Waals surface area contributed by atoms with Crippen molar-refractivity contribution >= 4 is 5.91 Å². The highest BCUT2D eigenvalue weighted by molar-refractivity contribution is 5.93. The third-order valence-electron chi connectivity index (χ3n) is 1.97. The Morgan fingerprint density at radius 2 is 2.45 bits per heavy atom. The van der Waals surface area contributed by atoms with Crippen molar-refractivity contribution in [3.8, 4) is 0 Å². The van der Waals surface area contributed by atoms with Crippen molar-refractivity contribution in [3.63, 3.8) is 0 Å². The van der Waals surface area contributed by atoms with Crippen LogP contribution in [0.25, 0.3) is 0 Å². The van der Waals surface area contributed by atoms with E-state index in [0.717, 1.165) is 25.8 Å². The summed E-state index contributed by atoms with van der Waals surface area (Å²) >= 11 is 0. The number of likely N-dealkylation sites (N-methyl/N-ethyl adjacent to an activating group) is 1. The SMILES string of the molecule is CCN1CCC/C(=C\O)C1=O. The number of nitrogens with zero attached hydrogens (tertiary/aromatic N) is 1. The minimum Gasteiger partial charge on any atom is -0.515 e. The van der Waals surface area contributed by atoms with Gasteiger partial charge in [-0.3, -0.25) is 4.79 Å². The summed E-state index contributed by atoms with van der Waals surface area (Å²) in [5.74, 6) is -0.0127. The first-order chi connectivity index (χ1) is 5.29. The van der Waals surface area contributed by atoms with E-state index in [1.54, 1.807) is 4.90 Å². The van der Waals surface area contributed by atoms with Crippen LogP contribution in [-0.2, 0) is 4.79 Å². The number of piperidine rings is 1. The Hall–Kier alpha value is -0.990. The Morgan fingerprint density at radius 3 is 3.00 bits per heavy atom. The zero-order chi connectivity index (χ0) is 8.27. The molecule has 0 aromatic carbocycles. The lowest BCUT2D eigenvalue weighted by Gasteiger charge is -2.26. The van der Waals surface area contributed by atoms with Crippen molar-refractivity contribution in [2.24, 2.45) is 0 Å². The van der Waals surface area contributed by atoms with Crippen LogP contribution in [0.1, 0.15) is 19.8 Å². The van der Waals surface area contributed by atoms with Crippen LogP contribution >= 0.6 is 0 Å². The Kier molecular flexibility index (Phi) is 2.52. The summed E-state index contributed by atoms with van der Waals surface area (Å²) in [5.41, 5.74) is 0.540. The minimum absolute atomic E-state index is 0.0127. The molecule has 0 spiro atoms. The molecule has 1 fully saturated rings. The van der Waals surface area contributed by atoms with Crippen molar-refractivity contribution < 1.29 is 9.90 Å². The summed E-state index contributed by atoms with van der Waals surface area (Å²) in [6.07, 6.45) is 2.61. The molecule has 1 aliphatic heterocycles. The molecular formula is C8H13NO2. The summed E-state index contributed by atoms with van der Waals surface area (Å²) in [7, 11) is 0. The van der Waals surface area contributed by atoms with Gasteiger partial charge in [-0.15, -0.1) is 0 Å². The molecule has 0 aromatic heterocycles. The van der Waals surface area contributed by atoms with E-state index in [9.17, 15) is 4.79 Å². The second kappa shape index (κ2) is 3.42. The van der Waals surface area contributed by atoms with Crippen LogP contribution in [0.4, 0.5) is 0 Å². The van der Waals surface area contributed by atoms with Gasteiger partial charge in [0.1, 0.15) is 0 Å². The highest BCUT2D eigenvalue weighted by atomic mass is 16.2. The van der Waals surface area contributed by atoms with Crippen molar-refractivity contribution in [1.82, 2.24) is 4.90 Å². The molecule has 1 aliphatic rings. The molecular weight excluding hydrogens is 142 g/mol. The molecule has 11 heavy (non-hydrogen) atoms. The highest BCUT2D eigenvalue weighted by Crippen LogP contribution is 2.15. The summed E-state index contributed by atoms with van der Waals surface area (Å²) in [6.45, 7) is 3.50. The van der Waals surface area contributed by atoms with E-state index >= 15 is 0 Å². The molecule has 0 radical (unpaired) electrons. The molecule has 62 valence electrons. The van der Waals surface area contributed by atoms with E-state index in [0.29, 0.717) is 12.0 Å². The lowest BCUT2D eigenvalue weighted by atomic mass is 10.1. The molecule has 1 saturated heterocycles. The third-order valence-corrected chi connectivity index (χ3v) is 1.97. The number of amides is 1. The largest absolute Gasteiger partial charge is 0.515 e. The van der Waals surface area contributed by atoms with Crippen LogP contribution < -0.4 is 0 Å². The number of carbonyl (C=O) groups excluding carboxylic acids is 1. The molecule has 3 nitrogen and oxygen atoms in total. The fourth-order valence-corrected chi connectivity index (χ4v) is 1.29. The summed E-state index contributed by atoms with van der Waals surface area (Å²) in [6, 6.07) is 0. The summed E-state index contributed by atoms with van der Waals surface area (Å²) < 4.78 is 0. The third kappa shape index (κ3) is 1.53. The first-order valence-electron chi connectivity index (χ1n) is 3.92. The van der Waals surface area contributed by atoms with Gasteiger partial charge in [-0.1, -0.05) is 0 Å². The number of hydrogen-bond donors (Lipinski definition) is 1. The van der Waals surface area contributed by atoms with Gasteiger partial charge in [0.25, 0.3) is 5.91 Å². The monoisotopic (exact) mass is 155 g/mol. The van der Waals surface area contributed by atoms with E-state index in [4.69, 9.17) is 5.11 Å². The fourth-order valence-electron chi connectivity index (χ4n) is 1.29. The van der Waals surface area contributed by atoms with Gasteiger partial charge < -0.3 is 10.0 Å². The smallest absolute Gasteiger partial charge is 0.252 e. The molecule has 1 N–H and O–H groups in total. The Balaban J connectivity index is 2.67. The lowest BCUT2D eigenvalue weighted by Crippen LogP contribution is -2.36. The van der Waals surface area contributed by atoms with Crippen LogP contribution in [0.2, 0.25) is 0 Å². The zero-order valence-corrected chi connectivity index (χ0v) is 6.71. The molecule has 0 atom stereocenters. The number of likely N-dealkylation sites (tertiary alicyclic amines) is 1. The van der Waals surface area contributed by atoms with E-state index in [2.05, 4.69) is 0 Å². The van der Waals surface area contributed by atoms with Crippen molar-refractivity contribution in [2.75, 3.05) is 13.1 Å². The van der Waals surface area contributed by atoms with Crippen LogP contribution in [0.3, 0.4) is 0 Å². The highest BCUT2D eigenvalue weighted by Gasteiger charge is 2.21. The molecule has 0 unspecified atom stereocenters. The second-order valence-corrected chi connectivity index (χ2v) is 2.64. The second-order valence-electron chi connectivity index (χ2n) is 2.64. The molecule has 1 heterocycles. The van der Waals surface area contributed by atoms with Crippen LogP contribution in [0.5, 0.6) is 0 Å².